The molecule has 0 aromatic heterocycles. The van der Waals surface area contributed by atoms with E-state index < -0.39 is 0 Å². The third kappa shape index (κ3) is 4.85. The molecular formula is C21H18ClNO2. The zero-order valence-corrected chi connectivity index (χ0v) is 14.6. The largest absolute Gasteiger partial charge is 0.493 e. The van der Waals surface area contributed by atoms with Crippen molar-refractivity contribution in [3.8, 4) is 11.5 Å². The van der Waals surface area contributed by atoms with Crippen LogP contribution in [0.25, 0.3) is 0 Å². The predicted molar refractivity (Wildman–Crippen MR) is 102 cm³/mol. The summed E-state index contributed by atoms with van der Waals surface area (Å²) in [5.74, 6) is 1.35. The zero-order chi connectivity index (χ0) is 17.5. The lowest BCUT2D eigenvalue weighted by atomic mass is 10.2. The Labute approximate surface area is 152 Å². The first-order valence-electron chi connectivity index (χ1n) is 7.89. The molecule has 0 heterocycles. The Kier molecular flexibility index (Phi) is 5.70. The average molecular weight is 352 g/mol. The number of aliphatic imine (C=N–C) groups is 1. The Bertz CT molecular complexity index is 863. The summed E-state index contributed by atoms with van der Waals surface area (Å²) >= 11 is 6.00. The lowest BCUT2D eigenvalue weighted by Gasteiger charge is -2.11. The Balaban J connectivity index is 1.72. The van der Waals surface area contributed by atoms with Crippen molar-refractivity contribution >= 4 is 23.5 Å². The molecule has 0 aliphatic heterocycles. The van der Waals surface area contributed by atoms with Gasteiger partial charge in [-0.1, -0.05) is 41.9 Å². The van der Waals surface area contributed by atoms with Crippen LogP contribution in [0.5, 0.6) is 11.5 Å². The van der Waals surface area contributed by atoms with E-state index in [-0.39, 0.29) is 0 Å². The number of para-hydroxylation sites is 1. The molecule has 3 rings (SSSR count). The van der Waals surface area contributed by atoms with Gasteiger partial charge in [0.1, 0.15) is 6.61 Å². The van der Waals surface area contributed by atoms with Gasteiger partial charge in [-0.3, -0.25) is 4.99 Å². The van der Waals surface area contributed by atoms with Crippen LogP contribution >= 0.6 is 11.6 Å². The van der Waals surface area contributed by atoms with Crippen molar-refractivity contribution in [2.45, 2.75) is 6.61 Å². The highest BCUT2D eigenvalue weighted by Gasteiger charge is 2.06. The molecule has 25 heavy (non-hydrogen) atoms. The first-order chi connectivity index (χ1) is 12.2. The fraction of sp³-hybridized carbons (Fsp3) is 0.0952. The number of halogens is 1. The number of methoxy groups -OCH3 is 1. The summed E-state index contributed by atoms with van der Waals surface area (Å²) < 4.78 is 11.3. The molecule has 3 nitrogen and oxygen atoms in total. The second-order valence-corrected chi connectivity index (χ2v) is 5.86. The molecule has 0 aliphatic rings. The molecule has 3 aromatic carbocycles. The lowest BCUT2D eigenvalue weighted by molar-refractivity contribution is 0.284. The Morgan fingerprint density at radius 2 is 1.76 bits per heavy atom. The maximum absolute atomic E-state index is 6.00. The van der Waals surface area contributed by atoms with Gasteiger partial charge in [0.15, 0.2) is 11.5 Å². The lowest BCUT2D eigenvalue weighted by Crippen LogP contribution is -1.98. The highest BCUT2D eigenvalue weighted by Crippen LogP contribution is 2.28. The summed E-state index contributed by atoms with van der Waals surface area (Å²) in [6.45, 7) is 0.425. The van der Waals surface area contributed by atoms with E-state index in [1.165, 1.54) is 0 Å². The molecule has 0 spiro atoms. The van der Waals surface area contributed by atoms with E-state index in [9.17, 15) is 0 Å². The predicted octanol–water partition coefficient (Wildman–Crippen LogP) is 5.68. The molecule has 0 fully saturated rings. The molecule has 0 radical (unpaired) electrons. The number of ether oxygens (including phenoxy) is 2. The summed E-state index contributed by atoms with van der Waals surface area (Å²) in [5.41, 5.74) is 2.85. The van der Waals surface area contributed by atoms with Crippen molar-refractivity contribution in [2.24, 2.45) is 4.99 Å². The number of nitrogens with zero attached hydrogens (tertiary/aromatic N) is 1. The molecule has 4 heteroatoms. The van der Waals surface area contributed by atoms with Crippen molar-refractivity contribution in [2.75, 3.05) is 7.11 Å². The van der Waals surface area contributed by atoms with Crippen molar-refractivity contribution in [3.63, 3.8) is 0 Å². The summed E-state index contributed by atoms with van der Waals surface area (Å²) in [4.78, 5) is 4.45. The molecule has 0 unspecified atom stereocenters. The van der Waals surface area contributed by atoms with Crippen LogP contribution in [-0.2, 0) is 6.61 Å². The van der Waals surface area contributed by atoms with Gasteiger partial charge < -0.3 is 9.47 Å². The quantitative estimate of drug-likeness (QED) is 0.535. The van der Waals surface area contributed by atoms with Gasteiger partial charge >= 0.3 is 0 Å². The van der Waals surface area contributed by atoms with Crippen LogP contribution in [0.4, 0.5) is 5.69 Å². The van der Waals surface area contributed by atoms with Crippen molar-refractivity contribution in [1.82, 2.24) is 0 Å². The molecule has 3 aromatic rings. The maximum atomic E-state index is 6.00. The highest BCUT2D eigenvalue weighted by atomic mass is 35.5. The molecule has 126 valence electrons. The Hall–Kier alpha value is -2.78. The normalized spacial score (nSPS) is 10.8. The zero-order valence-electron chi connectivity index (χ0n) is 13.9. The smallest absolute Gasteiger partial charge is 0.161 e. The van der Waals surface area contributed by atoms with E-state index in [2.05, 4.69) is 4.99 Å². The minimum absolute atomic E-state index is 0.425. The minimum atomic E-state index is 0.425. The van der Waals surface area contributed by atoms with E-state index in [1.807, 2.05) is 72.8 Å². The Morgan fingerprint density at radius 1 is 0.920 bits per heavy atom. The monoisotopic (exact) mass is 351 g/mol. The third-order valence-corrected chi connectivity index (χ3v) is 3.83. The second-order valence-electron chi connectivity index (χ2n) is 5.42. The van der Waals surface area contributed by atoms with Crippen molar-refractivity contribution in [1.29, 1.82) is 0 Å². The first-order valence-corrected chi connectivity index (χ1v) is 8.27. The van der Waals surface area contributed by atoms with Crippen molar-refractivity contribution in [3.05, 3.63) is 88.9 Å². The van der Waals surface area contributed by atoms with Crippen LogP contribution in [0.1, 0.15) is 11.1 Å². The van der Waals surface area contributed by atoms with Gasteiger partial charge in [-0.25, -0.2) is 0 Å². The molecule has 0 saturated carbocycles. The standard InChI is InChI=1S/C21H18ClNO2/c1-24-21-13-16(14-23-19-8-3-2-4-9-19)10-11-20(21)25-15-17-6-5-7-18(22)12-17/h2-14H,15H2,1H3. The molecule has 0 bridgehead atoms. The molecule has 0 aliphatic carbocycles. The summed E-state index contributed by atoms with van der Waals surface area (Å²) in [6, 6.07) is 23.1. The summed E-state index contributed by atoms with van der Waals surface area (Å²) in [6.07, 6.45) is 1.80. The van der Waals surface area contributed by atoms with Gasteiger partial charge in [-0.2, -0.15) is 0 Å². The Morgan fingerprint density at radius 3 is 2.52 bits per heavy atom. The molecule has 0 N–H and O–H groups in total. The van der Waals surface area contributed by atoms with E-state index >= 15 is 0 Å². The van der Waals surface area contributed by atoms with Crippen LogP contribution in [0, 0.1) is 0 Å². The average Bonchev–Trinajstić information content (AvgIpc) is 2.66. The van der Waals surface area contributed by atoms with E-state index in [0.29, 0.717) is 23.1 Å². The fourth-order valence-corrected chi connectivity index (χ4v) is 2.55. The highest BCUT2D eigenvalue weighted by molar-refractivity contribution is 6.30. The molecule has 0 amide bonds. The SMILES string of the molecule is COc1cc(C=Nc2ccccc2)ccc1OCc1cccc(Cl)c1. The minimum Gasteiger partial charge on any atom is -0.493 e. The van der Waals surface area contributed by atoms with E-state index in [4.69, 9.17) is 21.1 Å². The molecular weight excluding hydrogens is 334 g/mol. The maximum Gasteiger partial charge on any atom is 0.161 e. The van der Waals surface area contributed by atoms with Crippen LogP contribution < -0.4 is 9.47 Å². The van der Waals surface area contributed by atoms with Crippen LogP contribution in [-0.4, -0.2) is 13.3 Å². The van der Waals surface area contributed by atoms with Crippen LogP contribution in [0.15, 0.2) is 77.8 Å². The van der Waals surface area contributed by atoms with Gasteiger partial charge in [-0.05, 0) is 53.6 Å². The third-order valence-electron chi connectivity index (χ3n) is 3.59. The van der Waals surface area contributed by atoms with Gasteiger partial charge in [0.2, 0.25) is 0 Å². The topological polar surface area (TPSA) is 30.8 Å². The van der Waals surface area contributed by atoms with Gasteiger partial charge in [0.05, 0.1) is 12.8 Å². The number of rotatable bonds is 6. The van der Waals surface area contributed by atoms with Gasteiger partial charge in [0.25, 0.3) is 0 Å². The summed E-state index contributed by atoms with van der Waals surface area (Å²) in [5, 5.41) is 0.695. The van der Waals surface area contributed by atoms with Crippen molar-refractivity contribution < 1.29 is 9.47 Å². The fourth-order valence-electron chi connectivity index (χ4n) is 2.33. The number of hydrogen-bond donors (Lipinski definition) is 0. The van der Waals surface area contributed by atoms with E-state index in [1.54, 1.807) is 13.3 Å². The first kappa shape index (κ1) is 17.1. The number of benzene rings is 3. The van der Waals surface area contributed by atoms with Crippen LogP contribution in [0.3, 0.4) is 0 Å². The number of hydrogen-bond acceptors (Lipinski definition) is 3. The van der Waals surface area contributed by atoms with Crippen LogP contribution in [0.2, 0.25) is 5.02 Å². The molecule has 0 saturated heterocycles. The summed E-state index contributed by atoms with van der Waals surface area (Å²) in [7, 11) is 1.62. The van der Waals surface area contributed by atoms with E-state index in [0.717, 1.165) is 16.8 Å². The molecule has 0 atom stereocenters. The van der Waals surface area contributed by atoms with Gasteiger partial charge in [-0.15, -0.1) is 0 Å². The van der Waals surface area contributed by atoms with Gasteiger partial charge in [0, 0.05) is 11.2 Å². The second kappa shape index (κ2) is 8.36.